The van der Waals surface area contributed by atoms with E-state index in [2.05, 4.69) is 17.0 Å². The third kappa shape index (κ3) is 2.64. The summed E-state index contributed by atoms with van der Waals surface area (Å²) in [5.41, 5.74) is 2.21. The smallest absolute Gasteiger partial charge is 0.269 e. The van der Waals surface area contributed by atoms with Gasteiger partial charge in [0.1, 0.15) is 9.23 Å². The SMILES string of the molecule is CN1C(=C2SC(=S)N(Cc3ccccc3)C2=O)Sc2ccccc21. The predicted molar refractivity (Wildman–Crippen MR) is 105 cm³/mol. The molecule has 1 amide bonds. The molecular formula is C18H14N2OS3. The van der Waals surface area contributed by atoms with E-state index in [0.717, 1.165) is 21.2 Å². The predicted octanol–water partition coefficient (Wildman–Crippen LogP) is 4.46. The highest BCUT2D eigenvalue weighted by Crippen LogP contribution is 2.49. The number of amides is 1. The number of carbonyl (C=O) groups is 1. The van der Waals surface area contributed by atoms with E-state index in [1.807, 2.05) is 49.5 Å². The van der Waals surface area contributed by atoms with Crippen LogP contribution in [0.1, 0.15) is 5.56 Å². The van der Waals surface area contributed by atoms with Crippen molar-refractivity contribution in [3.63, 3.8) is 0 Å². The molecule has 1 fully saturated rings. The minimum absolute atomic E-state index is 0.00370. The van der Waals surface area contributed by atoms with Gasteiger partial charge in [-0.2, -0.15) is 0 Å². The van der Waals surface area contributed by atoms with Crippen LogP contribution in [-0.4, -0.2) is 22.2 Å². The van der Waals surface area contributed by atoms with Crippen LogP contribution in [0.25, 0.3) is 0 Å². The van der Waals surface area contributed by atoms with Crippen molar-refractivity contribution < 1.29 is 4.79 Å². The van der Waals surface area contributed by atoms with E-state index in [4.69, 9.17) is 12.2 Å². The van der Waals surface area contributed by atoms with Crippen LogP contribution in [-0.2, 0) is 11.3 Å². The summed E-state index contributed by atoms with van der Waals surface area (Å²) >= 11 is 8.49. The van der Waals surface area contributed by atoms with E-state index < -0.39 is 0 Å². The zero-order valence-electron chi connectivity index (χ0n) is 12.9. The second-order valence-electron chi connectivity index (χ2n) is 5.51. The second kappa shape index (κ2) is 6.27. The molecule has 2 heterocycles. The Labute approximate surface area is 154 Å². The first kappa shape index (κ1) is 15.7. The largest absolute Gasteiger partial charge is 0.337 e. The molecule has 3 nitrogen and oxygen atoms in total. The summed E-state index contributed by atoms with van der Waals surface area (Å²) in [5.74, 6) is -0.00370. The lowest BCUT2D eigenvalue weighted by Gasteiger charge is -2.16. The molecule has 0 unspecified atom stereocenters. The number of nitrogens with zero attached hydrogens (tertiary/aromatic N) is 2. The van der Waals surface area contributed by atoms with Gasteiger partial charge in [-0.05, 0) is 17.7 Å². The number of hydrogen-bond donors (Lipinski definition) is 0. The highest BCUT2D eigenvalue weighted by molar-refractivity contribution is 8.27. The molecule has 0 atom stereocenters. The number of hydrogen-bond acceptors (Lipinski definition) is 5. The van der Waals surface area contributed by atoms with Crippen molar-refractivity contribution in [3.8, 4) is 0 Å². The fourth-order valence-electron chi connectivity index (χ4n) is 2.73. The summed E-state index contributed by atoms with van der Waals surface area (Å²) in [4.78, 5) is 18.6. The first-order valence-electron chi connectivity index (χ1n) is 7.47. The molecule has 6 heteroatoms. The maximum Gasteiger partial charge on any atom is 0.269 e. The van der Waals surface area contributed by atoms with Crippen molar-refractivity contribution in [3.05, 3.63) is 70.1 Å². The molecule has 0 saturated carbocycles. The fourth-order valence-corrected chi connectivity index (χ4v) is 5.31. The minimum atomic E-state index is -0.00370. The lowest BCUT2D eigenvalue weighted by Crippen LogP contribution is -2.28. The minimum Gasteiger partial charge on any atom is -0.337 e. The molecule has 2 aliphatic heterocycles. The van der Waals surface area contributed by atoms with E-state index in [0.29, 0.717) is 10.9 Å². The maximum atomic E-state index is 12.9. The monoisotopic (exact) mass is 370 g/mol. The van der Waals surface area contributed by atoms with E-state index >= 15 is 0 Å². The topological polar surface area (TPSA) is 23.6 Å². The Hall–Kier alpha value is -1.76. The molecule has 0 radical (unpaired) electrons. The summed E-state index contributed by atoms with van der Waals surface area (Å²) in [6.45, 7) is 0.517. The Balaban J connectivity index is 1.65. The van der Waals surface area contributed by atoms with Gasteiger partial charge in [0.2, 0.25) is 0 Å². The van der Waals surface area contributed by atoms with Gasteiger partial charge in [-0.15, -0.1) is 0 Å². The van der Waals surface area contributed by atoms with Gasteiger partial charge < -0.3 is 4.90 Å². The van der Waals surface area contributed by atoms with E-state index in [9.17, 15) is 4.79 Å². The number of fused-ring (bicyclic) bond motifs is 1. The lowest BCUT2D eigenvalue weighted by atomic mass is 10.2. The molecule has 0 aliphatic carbocycles. The van der Waals surface area contributed by atoms with Gasteiger partial charge in [0, 0.05) is 11.9 Å². The normalized spacial score (nSPS) is 20.0. The van der Waals surface area contributed by atoms with Crippen LogP contribution in [0.5, 0.6) is 0 Å². The third-order valence-electron chi connectivity index (χ3n) is 3.96. The van der Waals surface area contributed by atoms with Crippen molar-refractivity contribution in [1.29, 1.82) is 0 Å². The Morgan fingerprint density at radius 3 is 2.46 bits per heavy atom. The number of thiocarbonyl (C=S) groups is 1. The van der Waals surface area contributed by atoms with E-state index in [1.54, 1.807) is 16.7 Å². The zero-order chi connectivity index (χ0) is 16.7. The van der Waals surface area contributed by atoms with Crippen LogP contribution >= 0.6 is 35.7 Å². The molecule has 2 aromatic carbocycles. The quantitative estimate of drug-likeness (QED) is 0.574. The van der Waals surface area contributed by atoms with Crippen LogP contribution in [0.4, 0.5) is 5.69 Å². The lowest BCUT2D eigenvalue weighted by molar-refractivity contribution is -0.122. The average molecular weight is 371 g/mol. The number of benzene rings is 2. The summed E-state index contributed by atoms with van der Waals surface area (Å²) in [6, 6.07) is 18.1. The number of thioether (sulfide) groups is 2. The number of rotatable bonds is 2. The van der Waals surface area contributed by atoms with E-state index in [1.165, 1.54) is 16.7 Å². The summed E-state index contributed by atoms with van der Waals surface area (Å²) < 4.78 is 0.622. The zero-order valence-corrected chi connectivity index (χ0v) is 15.4. The van der Waals surface area contributed by atoms with Crippen molar-refractivity contribution in [2.45, 2.75) is 11.4 Å². The van der Waals surface area contributed by atoms with Gasteiger partial charge in [0.15, 0.2) is 0 Å². The summed E-state index contributed by atoms with van der Waals surface area (Å²) in [5, 5.41) is 0.962. The Morgan fingerprint density at radius 2 is 1.71 bits per heavy atom. The van der Waals surface area contributed by atoms with Crippen molar-refractivity contribution in [1.82, 2.24) is 4.90 Å². The van der Waals surface area contributed by atoms with Gasteiger partial charge in [-0.25, -0.2) is 0 Å². The van der Waals surface area contributed by atoms with Crippen LogP contribution < -0.4 is 4.90 Å². The molecule has 0 N–H and O–H groups in total. The molecule has 4 rings (SSSR count). The standard InChI is InChI=1S/C18H14N2OS3/c1-19-13-9-5-6-10-14(13)23-17(19)15-16(21)20(18(22)24-15)11-12-7-3-2-4-8-12/h2-10H,11H2,1H3. The van der Waals surface area contributed by atoms with Crippen molar-refractivity contribution in [2.75, 3.05) is 11.9 Å². The van der Waals surface area contributed by atoms with Crippen LogP contribution in [0.3, 0.4) is 0 Å². The number of anilines is 1. The van der Waals surface area contributed by atoms with Crippen molar-refractivity contribution in [2.24, 2.45) is 0 Å². The first-order valence-corrected chi connectivity index (χ1v) is 9.52. The summed E-state index contributed by atoms with van der Waals surface area (Å²) in [6.07, 6.45) is 0. The molecule has 24 heavy (non-hydrogen) atoms. The van der Waals surface area contributed by atoms with E-state index in [-0.39, 0.29) is 5.91 Å². The average Bonchev–Trinajstić information content (AvgIpc) is 3.08. The first-order chi connectivity index (χ1) is 11.6. The fraction of sp³-hybridized carbons (Fsp3) is 0.111. The molecular weight excluding hydrogens is 356 g/mol. The maximum absolute atomic E-state index is 12.9. The van der Waals surface area contributed by atoms with Gasteiger partial charge in [0.05, 0.1) is 17.3 Å². The molecule has 0 bridgehead atoms. The Bertz CT molecular complexity index is 864. The highest BCUT2D eigenvalue weighted by atomic mass is 32.2. The van der Waals surface area contributed by atoms with Gasteiger partial charge in [-0.3, -0.25) is 9.69 Å². The molecule has 2 aliphatic rings. The van der Waals surface area contributed by atoms with Gasteiger partial charge in [-0.1, -0.05) is 78.2 Å². The Kier molecular flexibility index (Phi) is 4.12. The molecule has 120 valence electrons. The van der Waals surface area contributed by atoms with Crippen LogP contribution in [0, 0.1) is 0 Å². The molecule has 0 aromatic heterocycles. The Morgan fingerprint density at radius 1 is 1.00 bits per heavy atom. The molecule has 0 spiro atoms. The number of carbonyl (C=O) groups excluding carboxylic acids is 1. The van der Waals surface area contributed by atoms with Crippen LogP contribution in [0.2, 0.25) is 0 Å². The third-order valence-corrected chi connectivity index (χ3v) is 6.77. The van der Waals surface area contributed by atoms with Gasteiger partial charge in [0.25, 0.3) is 5.91 Å². The molecule has 2 aromatic rings. The second-order valence-corrected chi connectivity index (χ2v) is 8.18. The summed E-state index contributed by atoms with van der Waals surface area (Å²) in [7, 11) is 2.00. The van der Waals surface area contributed by atoms with Gasteiger partial charge >= 0.3 is 0 Å². The number of para-hydroxylation sites is 1. The highest BCUT2D eigenvalue weighted by Gasteiger charge is 2.38. The molecule has 1 saturated heterocycles. The van der Waals surface area contributed by atoms with Crippen molar-refractivity contribution >= 4 is 51.7 Å². The van der Waals surface area contributed by atoms with Crippen LogP contribution in [0.15, 0.2) is 69.4 Å².